The number of nitrogens with one attached hydrogen (secondary N) is 1. The standard InChI is InChI=1S/C51H58FN8O5P/c1-9-34-27-38(13-15-43(34)66(8,10-2)11-3)57-20-21-58(50(57)63)46-44-33(7)56(19-16-40(44)54-60(46)39-24-30(4)45(52)31(5)25-39)47(61)42-28-37-26-36(35-17-22-64-23-18-35)12-14-41(37)59(42)51(29-32(51)6)48-53-49(62)65-55-48/h12-15,20-21,24-28,32-33,35H,8-11,16-19,22-23,29H2,1-7H3,(H,53,55,62)/t32-,33-,51-/m0/s1. The first-order chi connectivity index (χ1) is 31.7. The van der Waals surface area contributed by atoms with Gasteiger partial charge >= 0.3 is 11.4 Å². The lowest BCUT2D eigenvalue weighted by Gasteiger charge is -2.34. The molecular weight excluding hydrogens is 855 g/mol. The summed E-state index contributed by atoms with van der Waals surface area (Å²) in [5.74, 6) is 0.112. The van der Waals surface area contributed by atoms with Crippen molar-refractivity contribution in [2.24, 2.45) is 5.92 Å². The van der Waals surface area contributed by atoms with Gasteiger partial charge < -0.3 is 14.2 Å². The van der Waals surface area contributed by atoms with Gasteiger partial charge in [0.2, 0.25) is 0 Å². The molecule has 3 atom stereocenters. The Hall–Kier alpha value is -5.98. The Bertz CT molecular complexity index is 3200. The van der Waals surface area contributed by atoms with Crippen LogP contribution in [-0.2, 0) is 23.1 Å². The van der Waals surface area contributed by atoms with Crippen LogP contribution in [0.25, 0.3) is 28.1 Å². The molecule has 1 N–H and O–H groups in total. The van der Waals surface area contributed by atoms with Gasteiger partial charge in [-0.2, -0.15) is 5.10 Å². The first kappa shape index (κ1) is 43.9. The van der Waals surface area contributed by atoms with Gasteiger partial charge in [0.15, 0.2) is 5.82 Å². The van der Waals surface area contributed by atoms with Crippen LogP contribution in [0.15, 0.2) is 81.1 Å². The zero-order valence-corrected chi connectivity index (χ0v) is 39.8. The summed E-state index contributed by atoms with van der Waals surface area (Å²) in [6.07, 6.45) is 14.0. The molecule has 3 aromatic carbocycles. The van der Waals surface area contributed by atoms with Crippen LogP contribution >= 0.6 is 6.89 Å². The summed E-state index contributed by atoms with van der Waals surface area (Å²) in [6.45, 7) is 14.3. The molecule has 66 heavy (non-hydrogen) atoms. The maximum atomic E-state index is 15.6. The number of halogens is 1. The lowest BCUT2D eigenvalue weighted by Crippen LogP contribution is -2.41. The average Bonchev–Trinajstić information content (AvgIpc) is 3.82. The van der Waals surface area contributed by atoms with Gasteiger partial charge in [-0.05, 0) is 141 Å². The van der Waals surface area contributed by atoms with E-state index in [2.05, 4.69) is 72.7 Å². The number of imidazole rings is 1. The number of nitrogens with zero attached hydrogens (tertiary/aromatic N) is 7. The molecule has 344 valence electrons. The predicted octanol–water partition coefficient (Wildman–Crippen LogP) is 8.31. The van der Waals surface area contributed by atoms with E-state index in [9.17, 15) is 9.59 Å². The molecular formula is C51H58FN8O5P. The highest BCUT2D eigenvalue weighted by atomic mass is 31.2. The van der Waals surface area contributed by atoms with Gasteiger partial charge in [0.1, 0.15) is 22.9 Å². The molecule has 0 radical (unpaired) electrons. The molecule has 0 unspecified atom stereocenters. The Balaban J connectivity index is 1.11. The van der Waals surface area contributed by atoms with E-state index in [0.29, 0.717) is 72.7 Å². The van der Waals surface area contributed by atoms with Crippen LogP contribution in [-0.4, -0.2) is 82.8 Å². The summed E-state index contributed by atoms with van der Waals surface area (Å²) >= 11 is 0. The van der Waals surface area contributed by atoms with Crippen molar-refractivity contribution in [1.29, 1.82) is 0 Å². The minimum Gasteiger partial charge on any atom is -0.381 e. The summed E-state index contributed by atoms with van der Waals surface area (Å²) in [7, 11) is 0. The zero-order valence-electron chi connectivity index (χ0n) is 38.9. The molecule has 2 fully saturated rings. The van der Waals surface area contributed by atoms with Gasteiger partial charge in [-0.3, -0.25) is 23.4 Å². The second kappa shape index (κ2) is 16.4. The van der Waals surface area contributed by atoms with Gasteiger partial charge in [0.25, 0.3) is 5.91 Å². The van der Waals surface area contributed by atoms with Gasteiger partial charge in [0, 0.05) is 55.0 Å². The highest BCUT2D eigenvalue weighted by Crippen LogP contribution is 2.56. The highest BCUT2D eigenvalue weighted by Gasteiger charge is 2.59. The fourth-order valence-electron chi connectivity index (χ4n) is 11.0. The lowest BCUT2D eigenvalue weighted by atomic mass is 9.91. The summed E-state index contributed by atoms with van der Waals surface area (Å²) in [4.78, 5) is 47.6. The summed E-state index contributed by atoms with van der Waals surface area (Å²) in [5, 5.41) is 11.6. The number of H-pyrrole nitrogens is 1. The SMILES string of the molecule is C=P(CC)(CC)c1ccc(-n2ccn(-c3c4c(nn3-c3cc(C)c(F)c(C)c3)CCN(C(=O)c3cc5cc(C6CCOCC6)ccc5n3[C@@]3(c5noc(=O)[nH]5)C[C@@H]3C)[C@H]4C)c2=O)cc1CC. The number of hydrogen-bond acceptors (Lipinski definition) is 7. The van der Waals surface area contributed by atoms with Crippen LogP contribution in [0.3, 0.4) is 0 Å². The molecule has 0 bridgehead atoms. The highest BCUT2D eigenvalue weighted by molar-refractivity contribution is 7.80. The van der Waals surface area contributed by atoms with E-state index in [1.807, 2.05) is 24.0 Å². The van der Waals surface area contributed by atoms with Crippen molar-refractivity contribution in [2.75, 3.05) is 32.1 Å². The largest absolute Gasteiger partial charge is 0.438 e. The van der Waals surface area contributed by atoms with Crippen LogP contribution in [0.1, 0.15) is 116 Å². The molecule has 1 amide bonds. The maximum absolute atomic E-state index is 15.6. The molecule has 13 nitrogen and oxygen atoms in total. The molecule has 1 saturated carbocycles. The van der Waals surface area contributed by atoms with Crippen molar-refractivity contribution < 1.29 is 18.4 Å². The van der Waals surface area contributed by atoms with Crippen LogP contribution in [0.2, 0.25) is 0 Å². The minimum atomic E-state index is -1.59. The van der Waals surface area contributed by atoms with Crippen molar-refractivity contribution in [2.45, 2.75) is 98.1 Å². The quantitative estimate of drug-likeness (QED) is 0.129. The Kier molecular flexibility index (Phi) is 10.9. The topological polar surface area (TPSA) is 138 Å². The van der Waals surface area contributed by atoms with E-state index in [-0.39, 0.29) is 23.3 Å². The smallest absolute Gasteiger partial charge is 0.381 e. The van der Waals surface area contributed by atoms with Gasteiger partial charge in [-0.25, -0.2) is 18.7 Å². The monoisotopic (exact) mass is 912 g/mol. The van der Waals surface area contributed by atoms with E-state index < -0.39 is 24.2 Å². The van der Waals surface area contributed by atoms with Crippen molar-refractivity contribution in [1.82, 2.24) is 38.5 Å². The van der Waals surface area contributed by atoms with Gasteiger partial charge in [0.05, 0.1) is 23.1 Å². The number of ether oxygens (including phenoxy) is 1. The molecule has 1 saturated heterocycles. The third-order valence-electron chi connectivity index (χ3n) is 15.1. The number of carbonyl (C=O) groups is 1. The van der Waals surface area contributed by atoms with Crippen LogP contribution < -0.4 is 16.8 Å². The number of aromatic amines is 1. The molecule has 0 spiro atoms. The van der Waals surface area contributed by atoms with Crippen molar-refractivity contribution in [3.63, 3.8) is 0 Å². The molecule has 2 aliphatic heterocycles. The molecule has 4 aromatic heterocycles. The summed E-state index contributed by atoms with van der Waals surface area (Å²) in [5.41, 5.74) is 6.37. The van der Waals surface area contributed by atoms with E-state index in [0.717, 1.165) is 59.4 Å². The van der Waals surface area contributed by atoms with Crippen LogP contribution in [0.5, 0.6) is 0 Å². The van der Waals surface area contributed by atoms with Gasteiger partial charge in [-0.15, -0.1) is 0 Å². The predicted molar refractivity (Wildman–Crippen MR) is 258 cm³/mol. The maximum Gasteiger partial charge on any atom is 0.438 e. The first-order valence-corrected chi connectivity index (χ1v) is 25.7. The average molecular weight is 913 g/mol. The van der Waals surface area contributed by atoms with E-state index in [1.54, 1.807) is 52.2 Å². The molecule has 15 heteroatoms. The second-order valence-electron chi connectivity index (χ2n) is 18.7. The van der Waals surface area contributed by atoms with E-state index >= 15 is 9.18 Å². The molecule has 7 aromatic rings. The number of aromatic nitrogens is 7. The Morgan fingerprint density at radius 3 is 2.32 bits per heavy atom. The fraction of sp³-hybridized carbons (Fsp3) is 0.412. The normalized spacial score (nSPS) is 20.0. The Morgan fingerprint density at radius 1 is 0.955 bits per heavy atom. The number of benzene rings is 3. The van der Waals surface area contributed by atoms with Crippen molar-refractivity contribution in [3.05, 3.63) is 139 Å². The first-order valence-electron chi connectivity index (χ1n) is 23.4. The molecule has 1 aliphatic carbocycles. The number of amides is 1. The number of aryl methyl sites for hydroxylation is 3. The summed E-state index contributed by atoms with van der Waals surface area (Å²) in [6, 6.07) is 17.6. The van der Waals surface area contributed by atoms with E-state index in [1.165, 1.54) is 16.4 Å². The minimum absolute atomic E-state index is 0.0371. The lowest BCUT2D eigenvalue weighted by molar-refractivity contribution is 0.0663. The van der Waals surface area contributed by atoms with Gasteiger partial charge in [-0.1, -0.05) is 58.2 Å². The third-order valence-corrected chi connectivity index (χ3v) is 19.0. The Labute approximate surface area is 383 Å². The third kappa shape index (κ3) is 6.84. The van der Waals surface area contributed by atoms with Crippen molar-refractivity contribution >= 4 is 35.3 Å². The van der Waals surface area contributed by atoms with Crippen LogP contribution in [0.4, 0.5) is 4.39 Å². The second-order valence-corrected chi connectivity index (χ2v) is 22.8. The number of hydrogen-bond donors (Lipinski definition) is 1. The van der Waals surface area contributed by atoms with E-state index in [4.69, 9.17) is 20.7 Å². The fourth-order valence-corrected chi connectivity index (χ4v) is 13.3. The molecule has 3 aliphatic rings. The number of carbonyl (C=O) groups excluding carboxylic acids is 1. The van der Waals surface area contributed by atoms with Crippen LogP contribution in [0, 0.1) is 25.6 Å². The summed E-state index contributed by atoms with van der Waals surface area (Å²) < 4.78 is 33.0. The number of fused-ring (bicyclic) bond motifs is 2. The Morgan fingerprint density at radius 2 is 1.67 bits per heavy atom. The molecule has 10 rings (SSSR count). The molecule has 6 heterocycles. The zero-order chi connectivity index (χ0) is 46.4. The number of rotatable bonds is 11. The van der Waals surface area contributed by atoms with Crippen molar-refractivity contribution in [3.8, 4) is 17.2 Å².